The fourth-order valence-electron chi connectivity index (χ4n) is 1.71. The fourth-order valence-corrected chi connectivity index (χ4v) is 2.64. The number of anilines is 1. The van der Waals surface area contributed by atoms with Crippen LogP contribution in [0.3, 0.4) is 0 Å². The second-order valence-corrected chi connectivity index (χ2v) is 6.01. The van der Waals surface area contributed by atoms with Crippen molar-refractivity contribution in [1.82, 2.24) is 0 Å². The molecule has 0 heterocycles. The number of nitrogens with one attached hydrogen (secondary N) is 1. The standard InChI is InChI=1S/C15H10Cl3NO2S/c1-8(20)21-14-12(6-10(17)7-13(14)18)15(22)19-11-4-2-9(16)3-5-11/h2-7H,1H3,(H,19,22). The maximum Gasteiger partial charge on any atom is 0.308 e. The predicted molar refractivity (Wildman–Crippen MR) is 94.5 cm³/mol. The molecule has 0 saturated carbocycles. The van der Waals surface area contributed by atoms with Crippen LogP contribution < -0.4 is 10.1 Å². The third-order valence-electron chi connectivity index (χ3n) is 2.60. The minimum atomic E-state index is -0.500. The van der Waals surface area contributed by atoms with Crippen molar-refractivity contribution < 1.29 is 9.53 Å². The van der Waals surface area contributed by atoms with Gasteiger partial charge in [-0.3, -0.25) is 4.79 Å². The lowest BCUT2D eigenvalue weighted by Gasteiger charge is -2.14. The van der Waals surface area contributed by atoms with Gasteiger partial charge in [0.05, 0.1) is 10.6 Å². The molecule has 0 fully saturated rings. The molecule has 2 rings (SSSR count). The first-order chi connectivity index (χ1) is 10.4. The van der Waals surface area contributed by atoms with Crippen molar-refractivity contribution in [3.63, 3.8) is 0 Å². The van der Waals surface area contributed by atoms with Gasteiger partial charge in [0, 0.05) is 22.7 Å². The molecule has 0 saturated heterocycles. The zero-order chi connectivity index (χ0) is 16.3. The maximum atomic E-state index is 11.2. The van der Waals surface area contributed by atoms with E-state index in [9.17, 15) is 4.79 Å². The molecule has 0 aliphatic carbocycles. The Morgan fingerprint density at radius 3 is 2.32 bits per heavy atom. The topological polar surface area (TPSA) is 38.3 Å². The number of rotatable bonds is 3. The van der Waals surface area contributed by atoms with Gasteiger partial charge < -0.3 is 10.1 Å². The first-order valence-corrected chi connectivity index (χ1v) is 7.65. The molecule has 2 aromatic rings. The van der Waals surface area contributed by atoms with Crippen molar-refractivity contribution in [1.29, 1.82) is 0 Å². The van der Waals surface area contributed by atoms with Crippen LogP contribution in [0, 0.1) is 0 Å². The van der Waals surface area contributed by atoms with Crippen LogP contribution in [0.15, 0.2) is 36.4 Å². The number of halogens is 3. The Bertz CT molecular complexity index is 732. The van der Waals surface area contributed by atoms with Gasteiger partial charge in [-0.2, -0.15) is 0 Å². The molecule has 0 unspecified atom stereocenters. The zero-order valence-electron chi connectivity index (χ0n) is 11.3. The molecule has 114 valence electrons. The van der Waals surface area contributed by atoms with Crippen LogP contribution in [-0.2, 0) is 4.79 Å². The van der Waals surface area contributed by atoms with E-state index < -0.39 is 5.97 Å². The van der Waals surface area contributed by atoms with Crippen LogP contribution in [0.2, 0.25) is 15.1 Å². The zero-order valence-corrected chi connectivity index (χ0v) is 14.4. The molecule has 3 nitrogen and oxygen atoms in total. The Labute approximate surface area is 148 Å². The lowest BCUT2D eigenvalue weighted by atomic mass is 10.2. The van der Waals surface area contributed by atoms with Crippen molar-refractivity contribution in [2.75, 3.05) is 5.32 Å². The number of carbonyl (C=O) groups excluding carboxylic acids is 1. The highest BCUT2D eigenvalue weighted by atomic mass is 35.5. The van der Waals surface area contributed by atoms with Crippen molar-refractivity contribution in [3.05, 3.63) is 57.0 Å². The van der Waals surface area contributed by atoms with E-state index in [2.05, 4.69) is 5.32 Å². The van der Waals surface area contributed by atoms with Crippen LogP contribution in [0.5, 0.6) is 5.75 Å². The van der Waals surface area contributed by atoms with Gasteiger partial charge in [-0.05, 0) is 36.4 Å². The van der Waals surface area contributed by atoms with Crippen molar-refractivity contribution in [2.24, 2.45) is 0 Å². The van der Waals surface area contributed by atoms with E-state index in [1.807, 2.05) is 0 Å². The van der Waals surface area contributed by atoms with Gasteiger partial charge in [0.2, 0.25) is 0 Å². The number of benzene rings is 2. The predicted octanol–water partition coefficient (Wildman–Crippen LogP) is 5.36. The van der Waals surface area contributed by atoms with Crippen molar-refractivity contribution >= 4 is 63.7 Å². The molecule has 0 aliphatic heterocycles. The van der Waals surface area contributed by atoms with Gasteiger partial charge in [0.15, 0.2) is 5.75 Å². The molecule has 7 heteroatoms. The van der Waals surface area contributed by atoms with E-state index in [4.69, 9.17) is 51.8 Å². The van der Waals surface area contributed by atoms with Crippen molar-refractivity contribution in [3.8, 4) is 5.75 Å². The summed E-state index contributed by atoms with van der Waals surface area (Å²) in [6.45, 7) is 1.28. The third-order valence-corrected chi connectivity index (χ3v) is 3.67. The van der Waals surface area contributed by atoms with E-state index in [1.165, 1.54) is 13.0 Å². The molecule has 0 amide bonds. The molecule has 2 aromatic carbocycles. The summed E-state index contributed by atoms with van der Waals surface area (Å²) in [5.41, 5.74) is 1.16. The van der Waals surface area contributed by atoms with Crippen LogP contribution in [0.4, 0.5) is 5.69 Å². The normalized spacial score (nSPS) is 10.2. The molecule has 0 radical (unpaired) electrons. The highest BCUT2D eigenvalue weighted by Gasteiger charge is 2.16. The summed E-state index contributed by atoms with van der Waals surface area (Å²) in [6, 6.07) is 10.1. The first-order valence-electron chi connectivity index (χ1n) is 6.11. The summed E-state index contributed by atoms with van der Waals surface area (Å²) in [4.78, 5) is 11.6. The Hall–Kier alpha value is -1.33. The summed E-state index contributed by atoms with van der Waals surface area (Å²) in [6.07, 6.45) is 0. The Kier molecular flexibility index (Phi) is 5.64. The van der Waals surface area contributed by atoms with E-state index in [1.54, 1.807) is 30.3 Å². The van der Waals surface area contributed by atoms with Gasteiger partial charge in [-0.1, -0.05) is 47.0 Å². The Morgan fingerprint density at radius 2 is 1.73 bits per heavy atom. The molecule has 0 spiro atoms. The second-order valence-electron chi connectivity index (χ2n) is 4.32. The Balaban J connectivity index is 2.35. The van der Waals surface area contributed by atoms with Gasteiger partial charge in [-0.15, -0.1) is 0 Å². The SMILES string of the molecule is CC(=O)Oc1c(Cl)cc(Cl)cc1C(=S)Nc1ccc(Cl)cc1. The molecule has 0 aliphatic rings. The van der Waals surface area contributed by atoms with E-state index in [0.29, 0.717) is 20.6 Å². The maximum absolute atomic E-state index is 11.2. The minimum absolute atomic E-state index is 0.171. The second kappa shape index (κ2) is 7.29. The van der Waals surface area contributed by atoms with Gasteiger partial charge >= 0.3 is 5.97 Å². The van der Waals surface area contributed by atoms with Crippen LogP contribution in [0.25, 0.3) is 0 Å². The molecule has 0 bridgehead atoms. The Morgan fingerprint density at radius 1 is 1.09 bits per heavy atom. The fraction of sp³-hybridized carbons (Fsp3) is 0.0667. The molecular formula is C15H10Cl3NO2S. The number of hydrogen-bond acceptors (Lipinski definition) is 3. The first kappa shape index (κ1) is 17.0. The highest BCUT2D eigenvalue weighted by molar-refractivity contribution is 7.81. The molecular weight excluding hydrogens is 365 g/mol. The lowest BCUT2D eigenvalue weighted by molar-refractivity contribution is -0.131. The lowest BCUT2D eigenvalue weighted by Crippen LogP contribution is -2.14. The quantitative estimate of drug-likeness (QED) is 0.446. The molecule has 0 aromatic heterocycles. The summed E-state index contributed by atoms with van der Waals surface area (Å²) in [5, 5.41) is 4.22. The summed E-state index contributed by atoms with van der Waals surface area (Å²) >= 11 is 23.3. The summed E-state index contributed by atoms with van der Waals surface area (Å²) in [5.74, 6) is -0.329. The molecule has 1 N–H and O–H groups in total. The monoisotopic (exact) mass is 373 g/mol. The number of ether oxygens (including phenoxy) is 1. The minimum Gasteiger partial charge on any atom is -0.424 e. The number of hydrogen-bond donors (Lipinski definition) is 1. The average molecular weight is 375 g/mol. The van der Waals surface area contributed by atoms with Gasteiger partial charge in [-0.25, -0.2) is 0 Å². The van der Waals surface area contributed by atoms with Crippen molar-refractivity contribution in [2.45, 2.75) is 6.92 Å². The smallest absolute Gasteiger partial charge is 0.308 e. The number of carbonyl (C=O) groups is 1. The van der Waals surface area contributed by atoms with E-state index >= 15 is 0 Å². The number of esters is 1. The van der Waals surface area contributed by atoms with Gasteiger partial charge in [0.1, 0.15) is 4.99 Å². The van der Waals surface area contributed by atoms with Crippen LogP contribution >= 0.6 is 47.0 Å². The number of thiocarbonyl (C=S) groups is 1. The highest BCUT2D eigenvalue weighted by Crippen LogP contribution is 2.33. The summed E-state index contributed by atoms with van der Waals surface area (Å²) < 4.78 is 5.13. The molecule has 0 atom stereocenters. The van der Waals surface area contributed by atoms with Crippen LogP contribution in [0.1, 0.15) is 12.5 Å². The summed E-state index contributed by atoms with van der Waals surface area (Å²) in [7, 11) is 0. The van der Waals surface area contributed by atoms with Gasteiger partial charge in [0.25, 0.3) is 0 Å². The van der Waals surface area contributed by atoms with Crippen LogP contribution in [-0.4, -0.2) is 11.0 Å². The van der Waals surface area contributed by atoms with E-state index in [-0.39, 0.29) is 10.8 Å². The average Bonchev–Trinajstić information content (AvgIpc) is 2.43. The third kappa shape index (κ3) is 4.34. The molecule has 22 heavy (non-hydrogen) atoms. The van der Waals surface area contributed by atoms with E-state index in [0.717, 1.165) is 5.69 Å². The largest absolute Gasteiger partial charge is 0.424 e.